The molecule has 0 unspecified atom stereocenters. The monoisotopic (exact) mass is 367 g/mol. The molecule has 2 aromatic heterocycles. The second-order valence-electron chi connectivity index (χ2n) is 6.85. The van der Waals surface area contributed by atoms with E-state index in [1.54, 1.807) is 6.20 Å². The van der Waals surface area contributed by atoms with Crippen molar-refractivity contribution in [2.45, 2.75) is 38.3 Å². The van der Waals surface area contributed by atoms with Crippen molar-refractivity contribution < 1.29 is 4.79 Å². The lowest BCUT2D eigenvalue weighted by Crippen LogP contribution is -2.38. The zero-order valence-corrected chi connectivity index (χ0v) is 15.4. The first-order valence-corrected chi connectivity index (χ1v) is 9.54. The van der Waals surface area contributed by atoms with Gasteiger partial charge in [0.25, 0.3) is 0 Å². The highest BCUT2D eigenvalue weighted by Crippen LogP contribution is 2.31. The number of likely N-dealkylation sites (tertiary alicyclic amines) is 1. The quantitative estimate of drug-likeness (QED) is 0.662. The number of hydrogen-bond donors (Lipinski definition) is 0. The molecule has 1 aromatic carbocycles. The lowest BCUT2D eigenvalue weighted by molar-refractivity contribution is -0.135. The summed E-state index contributed by atoms with van der Waals surface area (Å²) in [5.74, 6) is 0.211. The number of aryl methyl sites for hydroxylation is 1. The Hall–Kier alpha value is -2.33. The molecule has 1 aliphatic rings. The Bertz CT molecular complexity index is 906. The first kappa shape index (κ1) is 17.1. The van der Waals surface area contributed by atoms with Crippen molar-refractivity contribution in [3.05, 3.63) is 65.6 Å². The first-order valence-electron chi connectivity index (χ1n) is 9.16. The Balaban J connectivity index is 1.48. The number of carbonyl (C=O) groups is 1. The summed E-state index contributed by atoms with van der Waals surface area (Å²) in [4.78, 5) is 19.2. The van der Waals surface area contributed by atoms with E-state index in [1.807, 2.05) is 41.6 Å². The third-order valence-electron chi connectivity index (χ3n) is 5.19. The van der Waals surface area contributed by atoms with Gasteiger partial charge in [0.2, 0.25) is 5.91 Å². The van der Waals surface area contributed by atoms with Crippen molar-refractivity contribution in [3.8, 4) is 0 Å². The number of carbonyl (C=O) groups excluding carboxylic acids is 1. The number of fused-ring (bicyclic) bond motifs is 1. The van der Waals surface area contributed by atoms with Crippen molar-refractivity contribution >= 4 is 28.4 Å². The molecular formula is C21H22ClN3O. The van der Waals surface area contributed by atoms with Gasteiger partial charge < -0.3 is 9.47 Å². The standard InChI is InChI=1S/C21H22ClN3O/c22-18-7-6-16-8-12-24(20(16)14-18)13-9-21(26)25-11-2-1-5-19(25)17-4-3-10-23-15-17/h3-4,6-8,10,12,14-15,19H,1-2,5,9,11,13H2/t19-/m1/s1. The van der Waals surface area contributed by atoms with Crippen LogP contribution in [0.25, 0.3) is 10.9 Å². The predicted octanol–water partition coefficient (Wildman–Crippen LogP) is 4.83. The van der Waals surface area contributed by atoms with Gasteiger partial charge in [0.05, 0.1) is 6.04 Å². The van der Waals surface area contributed by atoms with Crippen molar-refractivity contribution in [3.63, 3.8) is 0 Å². The van der Waals surface area contributed by atoms with Crippen LogP contribution in [0.1, 0.15) is 37.3 Å². The van der Waals surface area contributed by atoms with Gasteiger partial charge in [-0.2, -0.15) is 0 Å². The number of piperidine rings is 1. The fourth-order valence-electron chi connectivity index (χ4n) is 3.86. The summed E-state index contributed by atoms with van der Waals surface area (Å²) in [6, 6.07) is 12.1. The van der Waals surface area contributed by atoms with E-state index in [1.165, 1.54) is 0 Å². The second-order valence-corrected chi connectivity index (χ2v) is 7.28. The van der Waals surface area contributed by atoms with Crippen LogP contribution in [-0.4, -0.2) is 26.9 Å². The van der Waals surface area contributed by atoms with Crippen LogP contribution in [0.3, 0.4) is 0 Å². The van der Waals surface area contributed by atoms with Crippen LogP contribution in [0.15, 0.2) is 55.0 Å². The molecule has 1 atom stereocenters. The van der Waals surface area contributed by atoms with Gasteiger partial charge >= 0.3 is 0 Å². The number of rotatable bonds is 4. The summed E-state index contributed by atoms with van der Waals surface area (Å²) >= 11 is 6.12. The largest absolute Gasteiger partial charge is 0.347 e. The molecule has 0 bridgehead atoms. The number of hydrogen-bond acceptors (Lipinski definition) is 2. The van der Waals surface area contributed by atoms with Crippen molar-refractivity contribution in [1.29, 1.82) is 0 Å². The molecule has 0 aliphatic carbocycles. The van der Waals surface area contributed by atoms with E-state index in [4.69, 9.17) is 11.6 Å². The molecule has 0 saturated carbocycles. The van der Waals surface area contributed by atoms with Crippen molar-refractivity contribution in [2.75, 3.05) is 6.54 Å². The van der Waals surface area contributed by atoms with E-state index in [2.05, 4.69) is 21.7 Å². The Labute approximate surface area is 158 Å². The minimum atomic E-state index is 0.154. The van der Waals surface area contributed by atoms with Gasteiger partial charge in [0.1, 0.15) is 0 Å². The molecule has 1 saturated heterocycles. The summed E-state index contributed by atoms with van der Waals surface area (Å²) in [5, 5.41) is 1.87. The molecule has 0 radical (unpaired) electrons. The van der Waals surface area contributed by atoms with Gasteiger partial charge in [-0.1, -0.05) is 23.7 Å². The third-order valence-corrected chi connectivity index (χ3v) is 5.43. The first-order chi connectivity index (χ1) is 12.7. The van der Waals surface area contributed by atoms with Gasteiger partial charge in [0.15, 0.2) is 0 Å². The molecule has 0 N–H and O–H groups in total. The average Bonchev–Trinajstić information content (AvgIpc) is 3.09. The van der Waals surface area contributed by atoms with Gasteiger partial charge in [-0.3, -0.25) is 9.78 Å². The summed E-state index contributed by atoms with van der Waals surface area (Å²) in [6.45, 7) is 1.50. The normalized spacial score (nSPS) is 17.6. The third kappa shape index (κ3) is 3.47. The average molecular weight is 368 g/mol. The molecule has 3 heterocycles. The molecule has 1 fully saturated rings. The number of halogens is 1. The second kappa shape index (κ2) is 7.50. The van der Waals surface area contributed by atoms with E-state index in [0.717, 1.165) is 47.3 Å². The lowest BCUT2D eigenvalue weighted by Gasteiger charge is -2.36. The molecule has 134 valence electrons. The minimum Gasteiger partial charge on any atom is -0.347 e. The molecule has 26 heavy (non-hydrogen) atoms. The van der Waals surface area contributed by atoms with Crippen LogP contribution in [0, 0.1) is 0 Å². The highest BCUT2D eigenvalue weighted by molar-refractivity contribution is 6.31. The maximum absolute atomic E-state index is 12.9. The molecule has 0 spiro atoms. The fraction of sp³-hybridized carbons (Fsp3) is 0.333. The molecule has 3 aromatic rings. The smallest absolute Gasteiger partial charge is 0.224 e. The summed E-state index contributed by atoms with van der Waals surface area (Å²) in [7, 11) is 0. The van der Waals surface area contributed by atoms with E-state index < -0.39 is 0 Å². The highest BCUT2D eigenvalue weighted by atomic mass is 35.5. The van der Waals surface area contributed by atoms with E-state index in [9.17, 15) is 4.79 Å². The van der Waals surface area contributed by atoms with Crippen LogP contribution in [-0.2, 0) is 11.3 Å². The summed E-state index contributed by atoms with van der Waals surface area (Å²) in [6.07, 6.45) is 9.43. The van der Waals surface area contributed by atoms with Gasteiger partial charge in [-0.15, -0.1) is 0 Å². The SMILES string of the molecule is O=C(CCn1ccc2ccc(Cl)cc21)N1CCCC[C@@H]1c1cccnc1. The number of nitrogens with zero attached hydrogens (tertiary/aromatic N) is 3. The van der Waals surface area contributed by atoms with E-state index in [-0.39, 0.29) is 11.9 Å². The fourth-order valence-corrected chi connectivity index (χ4v) is 4.03. The van der Waals surface area contributed by atoms with Crippen molar-refractivity contribution in [2.24, 2.45) is 0 Å². The number of pyridine rings is 1. The maximum atomic E-state index is 12.9. The van der Waals surface area contributed by atoms with Crippen LogP contribution in [0.2, 0.25) is 5.02 Å². The van der Waals surface area contributed by atoms with Crippen LogP contribution >= 0.6 is 11.6 Å². The van der Waals surface area contributed by atoms with Crippen LogP contribution in [0.5, 0.6) is 0 Å². The summed E-state index contributed by atoms with van der Waals surface area (Å²) in [5.41, 5.74) is 2.21. The number of benzene rings is 1. The summed E-state index contributed by atoms with van der Waals surface area (Å²) < 4.78 is 2.11. The predicted molar refractivity (Wildman–Crippen MR) is 104 cm³/mol. The molecule has 4 nitrogen and oxygen atoms in total. The Morgan fingerprint density at radius 3 is 3.00 bits per heavy atom. The zero-order chi connectivity index (χ0) is 17.9. The Morgan fingerprint density at radius 1 is 1.23 bits per heavy atom. The van der Waals surface area contributed by atoms with Crippen LogP contribution < -0.4 is 0 Å². The maximum Gasteiger partial charge on any atom is 0.224 e. The van der Waals surface area contributed by atoms with Gasteiger partial charge in [0, 0.05) is 48.6 Å². The number of amides is 1. The van der Waals surface area contributed by atoms with Gasteiger partial charge in [-0.05, 0) is 54.5 Å². The zero-order valence-electron chi connectivity index (χ0n) is 14.6. The molecule has 1 amide bonds. The van der Waals surface area contributed by atoms with E-state index >= 15 is 0 Å². The van der Waals surface area contributed by atoms with Gasteiger partial charge in [-0.25, -0.2) is 0 Å². The topological polar surface area (TPSA) is 38.1 Å². The molecule has 4 rings (SSSR count). The number of aromatic nitrogens is 2. The minimum absolute atomic E-state index is 0.154. The Morgan fingerprint density at radius 2 is 2.15 bits per heavy atom. The molecule has 5 heteroatoms. The van der Waals surface area contributed by atoms with Crippen LogP contribution in [0.4, 0.5) is 0 Å². The van der Waals surface area contributed by atoms with E-state index in [0.29, 0.717) is 13.0 Å². The molecule has 1 aliphatic heterocycles. The lowest BCUT2D eigenvalue weighted by atomic mass is 9.96. The molecular weight excluding hydrogens is 346 g/mol. The van der Waals surface area contributed by atoms with Crippen molar-refractivity contribution in [1.82, 2.24) is 14.5 Å². The Kier molecular flexibility index (Phi) is 4.93. The highest BCUT2D eigenvalue weighted by Gasteiger charge is 2.27.